The van der Waals surface area contributed by atoms with Crippen LogP contribution < -0.4 is 10.5 Å². The van der Waals surface area contributed by atoms with Crippen molar-refractivity contribution in [2.45, 2.75) is 44.9 Å². The van der Waals surface area contributed by atoms with Gasteiger partial charge in [0.15, 0.2) is 5.82 Å². The normalized spacial score (nSPS) is 15.1. The van der Waals surface area contributed by atoms with Gasteiger partial charge >= 0.3 is 0 Å². The Kier molecular flexibility index (Phi) is 7.24. The van der Waals surface area contributed by atoms with Crippen LogP contribution in [0.3, 0.4) is 0 Å². The third-order valence-electron chi connectivity index (χ3n) is 5.27. The van der Waals surface area contributed by atoms with Crippen LogP contribution in [0.25, 0.3) is 0 Å². The molecule has 1 aliphatic rings. The molecular formula is C21H28FN5O4. The number of aliphatic hydroxyl groups excluding tert-OH is 2. The summed E-state index contributed by atoms with van der Waals surface area (Å²) < 4.78 is 21.5. The first-order chi connectivity index (χ1) is 14.8. The maximum Gasteiger partial charge on any atom is 0.254 e. The van der Waals surface area contributed by atoms with Crippen molar-refractivity contribution in [3.63, 3.8) is 0 Å². The summed E-state index contributed by atoms with van der Waals surface area (Å²) in [5.74, 6) is 0.567. The van der Waals surface area contributed by atoms with E-state index >= 15 is 0 Å². The smallest absolute Gasteiger partial charge is 0.254 e. The van der Waals surface area contributed by atoms with Gasteiger partial charge in [-0.3, -0.25) is 4.79 Å². The first-order valence-electron chi connectivity index (χ1n) is 10.2. The van der Waals surface area contributed by atoms with E-state index in [0.717, 1.165) is 12.3 Å². The second kappa shape index (κ2) is 9.88. The van der Waals surface area contributed by atoms with Crippen molar-refractivity contribution in [2.75, 3.05) is 20.3 Å². The zero-order valence-corrected chi connectivity index (χ0v) is 17.7. The van der Waals surface area contributed by atoms with Gasteiger partial charge in [0.1, 0.15) is 35.7 Å². The van der Waals surface area contributed by atoms with Gasteiger partial charge in [0.05, 0.1) is 25.4 Å². The standard InChI is InChI=1S/C21H28FN5O4/c1-3-4-17(15-9-13(22)5-6-18(15)31-12-14(29)11-28)26(2)19-7-8-27-21(25-19)16(10-24-27)20(23)30/h5-6,9-10,14,17,28-29H,3-4,7-8,11-12H2,1-2H3,(H2,23,30)/t14?,17-/m1/s1. The van der Waals surface area contributed by atoms with Gasteiger partial charge < -0.3 is 25.6 Å². The van der Waals surface area contributed by atoms with E-state index in [1.54, 1.807) is 4.68 Å². The second-order valence-corrected chi connectivity index (χ2v) is 7.49. The highest BCUT2D eigenvalue weighted by molar-refractivity contribution is 5.98. The van der Waals surface area contributed by atoms with E-state index in [4.69, 9.17) is 15.6 Å². The summed E-state index contributed by atoms with van der Waals surface area (Å²) >= 11 is 0. The van der Waals surface area contributed by atoms with Crippen LogP contribution >= 0.6 is 0 Å². The zero-order chi connectivity index (χ0) is 22.5. The van der Waals surface area contributed by atoms with E-state index in [9.17, 15) is 14.3 Å². The van der Waals surface area contributed by atoms with E-state index in [1.165, 1.54) is 24.4 Å². The van der Waals surface area contributed by atoms with Crippen molar-refractivity contribution in [3.8, 4) is 5.75 Å². The monoisotopic (exact) mass is 433 g/mol. The highest BCUT2D eigenvalue weighted by atomic mass is 19.1. The van der Waals surface area contributed by atoms with E-state index in [0.29, 0.717) is 36.5 Å². The first kappa shape index (κ1) is 22.7. The van der Waals surface area contributed by atoms with Crippen LogP contribution in [0, 0.1) is 5.82 Å². The summed E-state index contributed by atoms with van der Waals surface area (Å²) in [6.45, 7) is 2.03. The maximum absolute atomic E-state index is 14.2. The number of aliphatic hydroxyl groups is 2. The van der Waals surface area contributed by atoms with Crippen LogP contribution in [0.2, 0.25) is 0 Å². The second-order valence-electron chi connectivity index (χ2n) is 7.49. The minimum Gasteiger partial charge on any atom is -0.490 e. The molecule has 3 rings (SSSR count). The number of carbonyl (C=O) groups is 1. The number of hydrogen-bond acceptors (Lipinski definition) is 7. The molecule has 1 unspecified atom stereocenters. The Labute approximate surface area is 179 Å². The number of nitrogens with two attached hydrogens (primary N) is 1. The molecule has 0 radical (unpaired) electrons. The molecule has 10 heteroatoms. The number of benzene rings is 1. The fourth-order valence-corrected chi connectivity index (χ4v) is 3.63. The van der Waals surface area contributed by atoms with Gasteiger partial charge in [-0.2, -0.15) is 5.10 Å². The number of ether oxygens (including phenoxy) is 1. The number of amidine groups is 1. The molecule has 0 fully saturated rings. The molecule has 0 aliphatic carbocycles. The molecule has 0 bridgehead atoms. The molecule has 2 aromatic rings. The number of aromatic nitrogens is 2. The Morgan fingerprint density at radius 1 is 1.45 bits per heavy atom. The number of amides is 1. The summed E-state index contributed by atoms with van der Waals surface area (Å²) in [5, 5.41) is 22.8. The van der Waals surface area contributed by atoms with Crippen molar-refractivity contribution in [2.24, 2.45) is 10.7 Å². The van der Waals surface area contributed by atoms with Crippen LogP contribution in [-0.2, 0) is 6.54 Å². The van der Waals surface area contributed by atoms with Crippen molar-refractivity contribution in [1.29, 1.82) is 0 Å². The topological polar surface area (TPSA) is 126 Å². The Hall–Kier alpha value is -2.98. The summed E-state index contributed by atoms with van der Waals surface area (Å²) in [7, 11) is 1.87. The van der Waals surface area contributed by atoms with Gasteiger partial charge in [-0.1, -0.05) is 13.3 Å². The maximum atomic E-state index is 14.2. The molecule has 2 atom stereocenters. The molecule has 31 heavy (non-hydrogen) atoms. The van der Waals surface area contributed by atoms with Crippen molar-refractivity contribution in [1.82, 2.24) is 14.7 Å². The van der Waals surface area contributed by atoms with Gasteiger partial charge in [-0.25, -0.2) is 14.1 Å². The summed E-state index contributed by atoms with van der Waals surface area (Å²) in [6, 6.07) is 3.98. The van der Waals surface area contributed by atoms with E-state index in [-0.39, 0.29) is 18.2 Å². The molecule has 1 amide bonds. The highest BCUT2D eigenvalue weighted by Crippen LogP contribution is 2.35. The minimum absolute atomic E-state index is 0.111. The molecule has 1 aliphatic heterocycles. The zero-order valence-electron chi connectivity index (χ0n) is 17.7. The number of primary amides is 1. The molecule has 0 spiro atoms. The van der Waals surface area contributed by atoms with Gasteiger partial charge in [0.25, 0.3) is 5.91 Å². The van der Waals surface area contributed by atoms with Crippen molar-refractivity contribution >= 4 is 17.6 Å². The number of hydrogen-bond donors (Lipinski definition) is 3. The van der Waals surface area contributed by atoms with E-state index < -0.39 is 24.4 Å². The quantitative estimate of drug-likeness (QED) is 0.553. The number of halogens is 1. The third-order valence-corrected chi connectivity index (χ3v) is 5.27. The molecule has 4 N–H and O–H groups in total. The highest BCUT2D eigenvalue weighted by Gasteiger charge is 2.27. The summed E-state index contributed by atoms with van der Waals surface area (Å²) in [4.78, 5) is 18.3. The largest absolute Gasteiger partial charge is 0.490 e. The number of nitrogens with zero attached hydrogens (tertiary/aromatic N) is 4. The van der Waals surface area contributed by atoms with Gasteiger partial charge in [-0.05, 0) is 24.6 Å². The number of aryl methyl sites for hydroxylation is 1. The average Bonchev–Trinajstić information content (AvgIpc) is 3.19. The summed E-state index contributed by atoms with van der Waals surface area (Å²) in [6.07, 6.45) is 2.48. The molecule has 1 aromatic heterocycles. The lowest BCUT2D eigenvalue weighted by atomic mass is 9.99. The SMILES string of the molecule is CCC[C@H](c1cc(F)ccc1OCC(O)CO)N(C)C1=Nc2c(C(N)=O)cnn2CC1. The number of fused-ring (bicyclic) bond motifs is 1. The molecule has 1 aromatic carbocycles. The summed E-state index contributed by atoms with van der Waals surface area (Å²) in [5.41, 5.74) is 6.31. The molecule has 0 saturated carbocycles. The minimum atomic E-state index is -1.03. The van der Waals surface area contributed by atoms with Crippen LogP contribution in [0.5, 0.6) is 5.75 Å². The molecule has 9 nitrogen and oxygen atoms in total. The molecule has 168 valence electrons. The first-order valence-corrected chi connectivity index (χ1v) is 10.2. The number of aliphatic imine (C=N–C) groups is 1. The van der Waals surface area contributed by atoms with Gasteiger partial charge in [0, 0.05) is 19.0 Å². The predicted octanol–water partition coefficient (Wildman–Crippen LogP) is 1.76. The molecular weight excluding hydrogens is 405 g/mol. The molecule has 0 saturated heterocycles. The van der Waals surface area contributed by atoms with Crippen LogP contribution in [0.4, 0.5) is 10.2 Å². The third kappa shape index (κ3) is 5.02. The van der Waals surface area contributed by atoms with Gasteiger partial charge in [0.2, 0.25) is 0 Å². The lowest BCUT2D eigenvalue weighted by Gasteiger charge is -2.33. The Morgan fingerprint density at radius 2 is 2.23 bits per heavy atom. The predicted molar refractivity (Wildman–Crippen MR) is 113 cm³/mol. The Bertz CT molecular complexity index is 961. The van der Waals surface area contributed by atoms with E-state index in [1.807, 2.05) is 18.9 Å². The lowest BCUT2D eigenvalue weighted by molar-refractivity contribution is 0.0528. The van der Waals surface area contributed by atoms with Crippen LogP contribution in [-0.4, -0.2) is 63.0 Å². The Balaban J connectivity index is 1.95. The number of carbonyl (C=O) groups excluding carboxylic acids is 1. The fraction of sp³-hybridized carbons (Fsp3) is 0.476. The van der Waals surface area contributed by atoms with Crippen molar-refractivity contribution in [3.05, 3.63) is 41.3 Å². The van der Waals surface area contributed by atoms with Crippen LogP contribution in [0.15, 0.2) is 29.4 Å². The van der Waals surface area contributed by atoms with E-state index in [2.05, 4.69) is 10.1 Å². The number of rotatable bonds is 9. The van der Waals surface area contributed by atoms with Gasteiger partial charge in [-0.15, -0.1) is 0 Å². The Morgan fingerprint density at radius 3 is 2.90 bits per heavy atom. The average molecular weight is 433 g/mol. The molecule has 2 heterocycles. The van der Waals surface area contributed by atoms with Crippen molar-refractivity contribution < 1.29 is 24.1 Å². The van der Waals surface area contributed by atoms with Crippen LogP contribution in [0.1, 0.15) is 48.1 Å². The lowest BCUT2D eigenvalue weighted by Crippen LogP contribution is -2.34. The fourth-order valence-electron chi connectivity index (χ4n) is 3.63.